The minimum absolute atomic E-state index is 0.0824. The van der Waals surface area contributed by atoms with Crippen molar-refractivity contribution >= 4 is 21.6 Å². The Hall–Kier alpha value is -2.54. The Labute approximate surface area is 166 Å². The van der Waals surface area contributed by atoms with E-state index in [1.807, 2.05) is 35.2 Å². The molecule has 28 heavy (non-hydrogen) atoms. The average molecular weight is 403 g/mol. The summed E-state index contributed by atoms with van der Waals surface area (Å²) in [5, 5.41) is 0. The molecule has 1 fully saturated rings. The molecule has 7 heteroatoms. The number of anilines is 1. The highest BCUT2D eigenvalue weighted by atomic mass is 32.2. The molecule has 1 aliphatic heterocycles. The maximum absolute atomic E-state index is 13.0. The number of likely N-dealkylation sites (tertiary alicyclic amines) is 1. The number of sulfonamides is 1. The largest absolute Gasteiger partial charge is 0.493 e. The van der Waals surface area contributed by atoms with Crippen molar-refractivity contribution in [2.45, 2.75) is 19.8 Å². The number of para-hydroxylation sites is 1. The number of nitrogens with zero attached hydrogens (tertiary/aromatic N) is 1. The number of nitrogens with one attached hydrogen (secondary N) is 1. The van der Waals surface area contributed by atoms with Crippen LogP contribution in [0.2, 0.25) is 0 Å². The van der Waals surface area contributed by atoms with Crippen molar-refractivity contribution in [3.63, 3.8) is 0 Å². The first-order valence-electron chi connectivity index (χ1n) is 9.37. The first-order valence-corrected chi connectivity index (χ1v) is 11.3. The van der Waals surface area contributed by atoms with Crippen LogP contribution in [0.4, 0.5) is 5.69 Å². The van der Waals surface area contributed by atoms with Crippen LogP contribution in [0.3, 0.4) is 0 Å². The molecular formula is C21H26N2O4S. The van der Waals surface area contributed by atoms with Gasteiger partial charge in [0.25, 0.3) is 5.91 Å². The normalized spacial score (nSPS) is 17.2. The molecule has 1 amide bonds. The van der Waals surface area contributed by atoms with E-state index in [4.69, 9.17) is 4.74 Å². The standard InChI is InChI=1S/C21H26N2O4S/c1-16-10-11-18(13-20(16)22-28(2,25)26)21(24)23-12-6-7-17(14-23)15-27-19-8-4-3-5-9-19/h3-5,8-11,13,17,22H,6-7,12,14-15H2,1-2H3. The molecule has 0 aromatic heterocycles. The average Bonchev–Trinajstić information content (AvgIpc) is 2.67. The summed E-state index contributed by atoms with van der Waals surface area (Å²) in [7, 11) is -3.40. The second-order valence-electron chi connectivity index (χ2n) is 7.29. The highest BCUT2D eigenvalue weighted by Crippen LogP contribution is 2.23. The SMILES string of the molecule is Cc1ccc(C(=O)N2CCCC(COc3ccccc3)C2)cc1NS(C)(=O)=O. The third kappa shape index (κ3) is 5.48. The Morgan fingerprint density at radius 2 is 1.96 bits per heavy atom. The molecule has 0 bridgehead atoms. The highest BCUT2D eigenvalue weighted by molar-refractivity contribution is 7.92. The smallest absolute Gasteiger partial charge is 0.253 e. The van der Waals surface area contributed by atoms with Gasteiger partial charge in [0.05, 0.1) is 18.6 Å². The van der Waals surface area contributed by atoms with Gasteiger partial charge in [-0.15, -0.1) is 0 Å². The van der Waals surface area contributed by atoms with Gasteiger partial charge in [0.2, 0.25) is 10.0 Å². The summed E-state index contributed by atoms with van der Waals surface area (Å²) in [6.45, 7) is 3.71. The molecule has 6 nitrogen and oxygen atoms in total. The van der Waals surface area contributed by atoms with Crippen LogP contribution in [0.25, 0.3) is 0 Å². The van der Waals surface area contributed by atoms with Crippen molar-refractivity contribution in [1.82, 2.24) is 4.90 Å². The van der Waals surface area contributed by atoms with Crippen molar-refractivity contribution in [1.29, 1.82) is 0 Å². The van der Waals surface area contributed by atoms with E-state index < -0.39 is 10.0 Å². The number of carbonyl (C=O) groups is 1. The Morgan fingerprint density at radius 3 is 2.68 bits per heavy atom. The van der Waals surface area contributed by atoms with E-state index in [0.29, 0.717) is 30.9 Å². The first-order chi connectivity index (χ1) is 13.3. The maximum Gasteiger partial charge on any atom is 0.253 e. The number of benzene rings is 2. The van der Waals surface area contributed by atoms with Crippen molar-refractivity contribution in [2.24, 2.45) is 5.92 Å². The molecule has 0 aliphatic carbocycles. The van der Waals surface area contributed by atoms with Crippen molar-refractivity contribution in [3.8, 4) is 5.75 Å². The molecule has 1 atom stereocenters. The zero-order valence-corrected chi connectivity index (χ0v) is 17.0. The lowest BCUT2D eigenvalue weighted by molar-refractivity contribution is 0.0633. The molecule has 0 saturated carbocycles. The zero-order chi connectivity index (χ0) is 20.1. The molecule has 1 aliphatic rings. The summed E-state index contributed by atoms with van der Waals surface area (Å²) in [4.78, 5) is 14.8. The van der Waals surface area contributed by atoms with Gasteiger partial charge in [0.15, 0.2) is 0 Å². The fourth-order valence-corrected chi connectivity index (χ4v) is 3.98. The van der Waals surface area contributed by atoms with E-state index in [9.17, 15) is 13.2 Å². The maximum atomic E-state index is 13.0. The predicted molar refractivity (Wildman–Crippen MR) is 110 cm³/mol. The second-order valence-corrected chi connectivity index (χ2v) is 9.04. The zero-order valence-electron chi connectivity index (χ0n) is 16.2. The Balaban J connectivity index is 1.66. The minimum atomic E-state index is -3.40. The molecule has 2 aromatic carbocycles. The van der Waals surface area contributed by atoms with Gasteiger partial charge in [0, 0.05) is 24.6 Å². The van der Waals surface area contributed by atoms with E-state index in [1.165, 1.54) is 0 Å². The third-order valence-corrected chi connectivity index (χ3v) is 5.41. The van der Waals surface area contributed by atoms with Crippen LogP contribution >= 0.6 is 0 Å². The Kier molecular flexibility index (Phi) is 6.24. The molecule has 1 saturated heterocycles. The number of hydrogen-bond donors (Lipinski definition) is 1. The van der Waals surface area contributed by atoms with Crippen LogP contribution in [0.1, 0.15) is 28.8 Å². The summed E-state index contributed by atoms with van der Waals surface area (Å²) < 4.78 is 31.4. The molecule has 0 spiro atoms. The number of amides is 1. The molecule has 0 radical (unpaired) electrons. The summed E-state index contributed by atoms with van der Waals surface area (Å²) in [5.74, 6) is 1.03. The summed E-state index contributed by atoms with van der Waals surface area (Å²) in [5.41, 5.74) is 1.70. The first kappa shape index (κ1) is 20.2. The second kappa shape index (κ2) is 8.65. The predicted octanol–water partition coefficient (Wildman–Crippen LogP) is 3.30. The van der Waals surface area contributed by atoms with Crippen LogP contribution in [-0.4, -0.2) is 45.2 Å². The van der Waals surface area contributed by atoms with Gasteiger partial charge in [-0.3, -0.25) is 9.52 Å². The number of aryl methyl sites for hydroxylation is 1. The summed E-state index contributed by atoms with van der Waals surface area (Å²) >= 11 is 0. The van der Waals surface area contributed by atoms with Gasteiger partial charge >= 0.3 is 0 Å². The van der Waals surface area contributed by atoms with E-state index >= 15 is 0 Å². The number of rotatable bonds is 6. The summed E-state index contributed by atoms with van der Waals surface area (Å²) in [6, 6.07) is 14.8. The van der Waals surface area contributed by atoms with Crippen molar-refractivity contribution in [3.05, 3.63) is 59.7 Å². The van der Waals surface area contributed by atoms with Crippen LogP contribution in [0.5, 0.6) is 5.75 Å². The highest BCUT2D eigenvalue weighted by Gasteiger charge is 2.25. The van der Waals surface area contributed by atoms with E-state index in [-0.39, 0.29) is 11.8 Å². The van der Waals surface area contributed by atoms with E-state index in [0.717, 1.165) is 30.4 Å². The monoisotopic (exact) mass is 402 g/mol. The van der Waals surface area contributed by atoms with Crippen molar-refractivity contribution in [2.75, 3.05) is 30.7 Å². The van der Waals surface area contributed by atoms with Gasteiger partial charge in [-0.1, -0.05) is 24.3 Å². The van der Waals surface area contributed by atoms with E-state index in [1.54, 1.807) is 25.1 Å². The number of carbonyl (C=O) groups excluding carboxylic acids is 1. The number of piperidine rings is 1. The van der Waals surface area contributed by atoms with Gasteiger partial charge in [-0.2, -0.15) is 0 Å². The minimum Gasteiger partial charge on any atom is -0.493 e. The van der Waals surface area contributed by atoms with E-state index in [2.05, 4.69) is 4.72 Å². The lowest BCUT2D eigenvalue weighted by Crippen LogP contribution is -2.41. The lowest BCUT2D eigenvalue weighted by atomic mass is 9.98. The number of ether oxygens (including phenoxy) is 1. The lowest BCUT2D eigenvalue weighted by Gasteiger charge is -2.33. The summed E-state index contributed by atoms with van der Waals surface area (Å²) in [6.07, 6.45) is 3.04. The fourth-order valence-electron chi connectivity index (χ4n) is 3.36. The molecule has 1 heterocycles. The van der Waals surface area contributed by atoms with Crippen LogP contribution in [0, 0.1) is 12.8 Å². The van der Waals surface area contributed by atoms with Crippen LogP contribution in [-0.2, 0) is 10.0 Å². The fraction of sp³-hybridized carbons (Fsp3) is 0.381. The van der Waals surface area contributed by atoms with Crippen LogP contribution in [0.15, 0.2) is 48.5 Å². The topological polar surface area (TPSA) is 75.7 Å². The molecule has 3 rings (SSSR count). The van der Waals surface area contributed by atoms with Gasteiger partial charge in [0.1, 0.15) is 5.75 Å². The Bertz CT molecular complexity index is 929. The Morgan fingerprint density at radius 1 is 1.21 bits per heavy atom. The third-order valence-electron chi connectivity index (χ3n) is 4.81. The van der Waals surface area contributed by atoms with Crippen molar-refractivity contribution < 1.29 is 17.9 Å². The van der Waals surface area contributed by atoms with Crippen LogP contribution < -0.4 is 9.46 Å². The quantitative estimate of drug-likeness (QED) is 0.804. The number of hydrogen-bond acceptors (Lipinski definition) is 4. The molecule has 2 aromatic rings. The van der Waals surface area contributed by atoms with Gasteiger partial charge in [-0.25, -0.2) is 8.42 Å². The van der Waals surface area contributed by atoms with Gasteiger partial charge < -0.3 is 9.64 Å². The molecule has 150 valence electrons. The molecular weight excluding hydrogens is 376 g/mol. The molecule has 1 N–H and O–H groups in total. The molecule has 1 unspecified atom stereocenters. The van der Waals surface area contributed by atoms with Gasteiger partial charge in [-0.05, 0) is 49.6 Å².